The number of ether oxygens (including phenoxy) is 2. The zero-order valence-electron chi connectivity index (χ0n) is 19.5. The first-order valence-electron chi connectivity index (χ1n) is 11.0. The van der Waals surface area contributed by atoms with E-state index < -0.39 is 0 Å². The summed E-state index contributed by atoms with van der Waals surface area (Å²) in [4.78, 5) is 31.4. The van der Waals surface area contributed by atoms with Crippen molar-refractivity contribution in [2.45, 2.75) is 13.5 Å². The Morgan fingerprint density at radius 2 is 1.83 bits per heavy atom. The molecule has 1 aliphatic rings. The van der Waals surface area contributed by atoms with Gasteiger partial charge in [-0.3, -0.25) is 9.69 Å². The Kier molecular flexibility index (Phi) is 8.51. The molecule has 9 heteroatoms. The fourth-order valence-corrected chi connectivity index (χ4v) is 4.78. The molecule has 1 saturated heterocycles. The summed E-state index contributed by atoms with van der Waals surface area (Å²) in [6, 6.07) is 19.9. The van der Waals surface area contributed by atoms with Crippen LogP contribution in [0.3, 0.4) is 0 Å². The summed E-state index contributed by atoms with van der Waals surface area (Å²) in [5, 5.41) is 1.20. The molecule has 0 radical (unpaired) electrons. The maximum atomic E-state index is 13.0. The Balaban J connectivity index is 1.54. The molecule has 1 fully saturated rings. The highest BCUT2D eigenvalue weighted by molar-refractivity contribution is 9.10. The number of thioether (sulfide) groups is 1. The molecule has 1 aliphatic heterocycles. The predicted octanol–water partition coefficient (Wildman–Crippen LogP) is 7.09. The molecule has 1 heterocycles. The normalized spacial score (nSPS) is 15.6. The zero-order valence-corrected chi connectivity index (χ0v) is 22.7. The van der Waals surface area contributed by atoms with Gasteiger partial charge in [-0.2, -0.15) is 0 Å². The molecule has 4 rings (SSSR count). The molecule has 36 heavy (non-hydrogen) atoms. The van der Waals surface area contributed by atoms with Gasteiger partial charge in [0.05, 0.1) is 22.8 Å². The fraction of sp³-hybridized carbons (Fsp3) is 0.148. The van der Waals surface area contributed by atoms with E-state index in [2.05, 4.69) is 20.9 Å². The van der Waals surface area contributed by atoms with Crippen LogP contribution in [0.1, 0.15) is 28.4 Å². The van der Waals surface area contributed by atoms with Crippen LogP contribution >= 0.6 is 39.3 Å². The van der Waals surface area contributed by atoms with Crippen LogP contribution in [0, 0.1) is 0 Å². The van der Waals surface area contributed by atoms with Gasteiger partial charge >= 0.3 is 5.97 Å². The van der Waals surface area contributed by atoms with Crippen LogP contribution in [-0.2, 0) is 16.1 Å². The Bertz CT molecular complexity index is 1340. The minimum Gasteiger partial charge on any atom is -0.488 e. The van der Waals surface area contributed by atoms with E-state index in [1.807, 2.05) is 42.5 Å². The molecule has 184 valence electrons. The molecule has 0 saturated carbocycles. The number of carbonyl (C=O) groups excluding carboxylic acids is 2. The van der Waals surface area contributed by atoms with Crippen molar-refractivity contribution in [3.8, 4) is 5.75 Å². The number of aliphatic imine (C=N–C) groups is 1. The van der Waals surface area contributed by atoms with Crippen LogP contribution in [0.25, 0.3) is 6.08 Å². The van der Waals surface area contributed by atoms with Crippen molar-refractivity contribution in [3.63, 3.8) is 0 Å². The van der Waals surface area contributed by atoms with Crippen LogP contribution < -0.4 is 4.74 Å². The van der Waals surface area contributed by atoms with E-state index in [0.29, 0.717) is 45.3 Å². The number of hydrogen-bond donors (Lipinski definition) is 0. The lowest BCUT2D eigenvalue weighted by Gasteiger charge is -2.10. The Labute approximate surface area is 227 Å². The van der Waals surface area contributed by atoms with Gasteiger partial charge in [-0.1, -0.05) is 39.7 Å². The summed E-state index contributed by atoms with van der Waals surface area (Å²) in [7, 11) is 1.68. The Hall–Kier alpha value is -3.07. The lowest BCUT2D eigenvalue weighted by molar-refractivity contribution is -0.121. The number of hydrogen-bond acceptors (Lipinski definition) is 6. The van der Waals surface area contributed by atoms with Crippen molar-refractivity contribution >= 4 is 68.1 Å². The minimum absolute atomic E-state index is 0.162. The first kappa shape index (κ1) is 26.0. The van der Waals surface area contributed by atoms with E-state index in [1.165, 1.54) is 16.7 Å². The second-order valence-electron chi connectivity index (χ2n) is 7.73. The number of likely N-dealkylation sites (N-methyl/N-ethyl adjacent to an activating group) is 1. The minimum atomic E-state index is -0.382. The number of halogens is 2. The van der Waals surface area contributed by atoms with Gasteiger partial charge < -0.3 is 9.47 Å². The number of rotatable bonds is 7. The maximum Gasteiger partial charge on any atom is 0.338 e. The molecule has 0 spiro atoms. The van der Waals surface area contributed by atoms with E-state index >= 15 is 0 Å². The van der Waals surface area contributed by atoms with Crippen molar-refractivity contribution < 1.29 is 19.1 Å². The number of amidine groups is 1. The summed E-state index contributed by atoms with van der Waals surface area (Å²) >= 11 is 10.7. The third-order valence-corrected chi connectivity index (χ3v) is 6.98. The van der Waals surface area contributed by atoms with E-state index in [4.69, 9.17) is 21.1 Å². The number of carbonyl (C=O) groups is 2. The summed E-state index contributed by atoms with van der Waals surface area (Å²) in [6.07, 6.45) is 1.80. The van der Waals surface area contributed by atoms with E-state index in [0.717, 1.165) is 15.6 Å². The monoisotopic (exact) mass is 584 g/mol. The second-order valence-corrected chi connectivity index (χ2v) is 10.1. The summed E-state index contributed by atoms with van der Waals surface area (Å²) in [5.74, 6) is 0.106. The second kappa shape index (κ2) is 11.8. The molecule has 0 aliphatic carbocycles. The highest BCUT2D eigenvalue weighted by Crippen LogP contribution is 2.35. The first-order chi connectivity index (χ1) is 17.3. The zero-order chi connectivity index (χ0) is 25.7. The van der Waals surface area contributed by atoms with Gasteiger partial charge in [0.2, 0.25) is 0 Å². The summed E-state index contributed by atoms with van der Waals surface area (Å²) in [6.45, 7) is 2.44. The molecular formula is C27H22BrClN2O4S. The maximum absolute atomic E-state index is 13.0. The molecule has 6 nitrogen and oxygen atoms in total. The van der Waals surface area contributed by atoms with Crippen LogP contribution in [0.15, 0.2) is 81.1 Å². The Morgan fingerprint density at radius 3 is 2.53 bits per heavy atom. The summed E-state index contributed by atoms with van der Waals surface area (Å²) < 4.78 is 11.9. The quantitative estimate of drug-likeness (QED) is 0.219. The van der Waals surface area contributed by atoms with Crippen molar-refractivity contribution in [3.05, 3.63) is 97.8 Å². The average Bonchev–Trinajstić information content (AvgIpc) is 3.13. The average molecular weight is 586 g/mol. The third-order valence-electron chi connectivity index (χ3n) is 5.17. The van der Waals surface area contributed by atoms with Crippen molar-refractivity contribution in [2.75, 3.05) is 13.7 Å². The third kappa shape index (κ3) is 6.37. The lowest BCUT2D eigenvalue weighted by Crippen LogP contribution is -2.23. The fourth-order valence-electron chi connectivity index (χ4n) is 3.30. The van der Waals surface area contributed by atoms with Gasteiger partial charge in [-0.15, -0.1) is 0 Å². The standard InChI is InChI=1S/C27H22BrClN2O4S/c1-3-34-26(33)18-6-11-22(12-7-18)30-27-31(2)25(32)24(36-27)15-19-14-20(28)8-13-23(19)35-16-17-4-9-21(29)10-5-17/h4-15H,3,16H2,1-2H3/b24-15-,30-27?. The lowest BCUT2D eigenvalue weighted by atomic mass is 10.1. The van der Waals surface area contributed by atoms with Gasteiger partial charge in [0.1, 0.15) is 12.4 Å². The van der Waals surface area contributed by atoms with Gasteiger partial charge in [0.15, 0.2) is 5.17 Å². The van der Waals surface area contributed by atoms with Gasteiger partial charge in [0.25, 0.3) is 5.91 Å². The SMILES string of the molecule is CCOC(=O)c1ccc(N=C2S/C(=C\c3cc(Br)ccc3OCc3ccc(Cl)cc3)C(=O)N2C)cc1. The first-order valence-corrected chi connectivity index (χ1v) is 13.0. The van der Waals surface area contributed by atoms with Crippen LogP contribution in [0.5, 0.6) is 5.75 Å². The molecule has 0 atom stereocenters. The molecule has 0 unspecified atom stereocenters. The highest BCUT2D eigenvalue weighted by Gasteiger charge is 2.30. The largest absolute Gasteiger partial charge is 0.488 e. The molecule has 3 aromatic rings. The van der Waals surface area contributed by atoms with Crippen molar-refractivity contribution in [2.24, 2.45) is 4.99 Å². The molecule has 1 amide bonds. The molecule has 0 N–H and O–H groups in total. The van der Waals surface area contributed by atoms with Crippen LogP contribution in [-0.4, -0.2) is 35.6 Å². The predicted molar refractivity (Wildman–Crippen MR) is 148 cm³/mol. The number of benzene rings is 3. The van der Waals surface area contributed by atoms with Crippen LogP contribution in [0.4, 0.5) is 5.69 Å². The highest BCUT2D eigenvalue weighted by atomic mass is 79.9. The van der Waals surface area contributed by atoms with E-state index in [9.17, 15) is 9.59 Å². The Morgan fingerprint density at radius 1 is 1.11 bits per heavy atom. The molecule has 0 bridgehead atoms. The smallest absolute Gasteiger partial charge is 0.338 e. The van der Waals surface area contributed by atoms with E-state index in [-0.39, 0.29) is 11.9 Å². The van der Waals surface area contributed by atoms with Crippen LogP contribution in [0.2, 0.25) is 5.02 Å². The van der Waals surface area contributed by atoms with E-state index in [1.54, 1.807) is 44.3 Å². The molecule has 3 aromatic carbocycles. The molecule has 0 aromatic heterocycles. The van der Waals surface area contributed by atoms with Gasteiger partial charge in [-0.05, 0) is 84.9 Å². The summed E-state index contributed by atoms with van der Waals surface area (Å²) in [5.41, 5.74) is 2.82. The molecular weight excluding hydrogens is 564 g/mol. The topological polar surface area (TPSA) is 68.2 Å². The number of nitrogens with zero attached hydrogens (tertiary/aromatic N) is 2. The van der Waals surface area contributed by atoms with Crippen molar-refractivity contribution in [1.29, 1.82) is 0 Å². The van der Waals surface area contributed by atoms with Crippen molar-refractivity contribution in [1.82, 2.24) is 4.90 Å². The number of amides is 1. The van der Waals surface area contributed by atoms with Gasteiger partial charge in [0, 0.05) is 22.1 Å². The van der Waals surface area contributed by atoms with Gasteiger partial charge in [-0.25, -0.2) is 9.79 Å². The number of esters is 1.